The minimum absolute atomic E-state index is 0.149. The van der Waals surface area contributed by atoms with Gasteiger partial charge in [-0.3, -0.25) is 0 Å². The van der Waals surface area contributed by atoms with Gasteiger partial charge in [-0.1, -0.05) is 48.5 Å². The van der Waals surface area contributed by atoms with Crippen LogP contribution < -0.4 is 0 Å². The summed E-state index contributed by atoms with van der Waals surface area (Å²) in [5, 5.41) is 0. The Labute approximate surface area is 132 Å². The second-order valence-corrected chi connectivity index (χ2v) is 6.21. The highest BCUT2D eigenvalue weighted by molar-refractivity contribution is 5.98. The third-order valence-electron chi connectivity index (χ3n) is 3.81. The van der Waals surface area contributed by atoms with E-state index >= 15 is 0 Å². The van der Waals surface area contributed by atoms with Crippen LogP contribution in [0.4, 0.5) is 0 Å². The Kier molecular flexibility index (Phi) is 3.84. The molecule has 0 bridgehead atoms. The molecule has 1 aliphatic rings. The molecule has 3 rings (SSSR count). The van der Waals surface area contributed by atoms with Crippen molar-refractivity contribution in [3.8, 4) is 11.1 Å². The van der Waals surface area contributed by atoms with E-state index in [0.29, 0.717) is 6.61 Å². The van der Waals surface area contributed by atoms with Crippen molar-refractivity contribution in [1.29, 1.82) is 0 Å². The van der Waals surface area contributed by atoms with Crippen LogP contribution in [0, 0.1) is 0 Å². The summed E-state index contributed by atoms with van der Waals surface area (Å²) in [5.41, 5.74) is 4.57. The lowest BCUT2D eigenvalue weighted by Crippen LogP contribution is -2.17. The van der Waals surface area contributed by atoms with Crippen molar-refractivity contribution in [2.45, 2.75) is 25.8 Å². The summed E-state index contributed by atoms with van der Waals surface area (Å²) < 4.78 is 5.85. The van der Waals surface area contributed by atoms with Gasteiger partial charge in [-0.2, -0.15) is 0 Å². The molecule has 0 saturated heterocycles. The molecule has 0 fully saturated rings. The first kappa shape index (κ1) is 14.6. The zero-order valence-corrected chi connectivity index (χ0v) is 13.2. The molecule has 0 N–H and O–H groups in total. The minimum atomic E-state index is -0.149. The topological polar surface area (TPSA) is 21.6 Å². The van der Waals surface area contributed by atoms with Crippen molar-refractivity contribution in [3.05, 3.63) is 72.3 Å². The molecule has 0 saturated carbocycles. The standard InChI is InChI=1S/C20H21NO/c1-4-9-17-16(15-10-6-5-7-11-15)12-8-13-18(17)19-21-20(2,3)14-22-19/h4-8,10-13H,1,9,14H2,2-3H3. The fourth-order valence-electron chi connectivity index (χ4n) is 2.76. The first-order valence-corrected chi connectivity index (χ1v) is 7.62. The predicted octanol–water partition coefficient (Wildman–Crippen LogP) is 4.64. The van der Waals surface area contributed by atoms with E-state index < -0.39 is 0 Å². The fourth-order valence-corrected chi connectivity index (χ4v) is 2.76. The molecule has 2 heteroatoms. The molecule has 0 atom stereocenters. The van der Waals surface area contributed by atoms with Crippen molar-refractivity contribution in [3.63, 3.8) is 0 Å². The fraction of sp³-hybridized carbons (Fsp3) is 0.250. The molecule has 0 unspecified atom stereocenters. The highest BCUT2D eigenvalue weighted by Gasteiger charge is 2.28. The van der Waals surface area contributed by atoms with Crippen LogP contribution in [0.5, 0.6) is 0 Å². The van der Waals surface area contributed by atoms with E-state index in [4.69, 9.17) is 9.73 Å². The maximum atomic E-state index is 5.85. The normalized spacial score (nSPS) is 16.0. The molecule has 1 heterocycles. The number of nitrogens with zero attached hydrogens (tertiary/aromatic N) is 1. The van der Waals surface area contributed by atoms with E-state index in [1.54, 1.807) is 0 Å². The van der Waals surface area contributed by atoms with Gasteiger partial charge in [0.1, 0.15) is 6.61 Å². The van der Waals surface area contributed by atoms with Gasteiger partial charge in [0.2, 0.25) is 5.90 Å². The number of hydrogen-bond donors (Lipinski definition) is 0. The number of aliphatic imine (C=N–C) groups is 1. The molecule has 2 aromatic rings. The summed E-state index contributed by atoms with van der Waals surface area (Å²) in [4.78, 5) is 4.73. The van der Waals surface area contributed by atoms with Gasteiger partial charge in [0.25, 0.3) is 0 Å². The Morgan fingerprint density at radius 3 is 2.45 bits per heavy atom. The van der Waals surface area contributed by atoms with Crippen LogP contribution in [0.1, 0.15) is 25.0 Å². The zero-order chi connectivity index (χ0) is 15.6. The summed E-state index contributed by atoms with van der Waals surface area (Å²) in [5.74, 6) is 0.750. The van der Waals surface area contributed by atoms with Crippen molar-refractivity contribution >= 4 is 5.90 Å². The molecule has 0 radical (unpaired) electrons. The number of ether oxygens (including phenoxy) is 1. The molecule has 2 nitrogen and oxygen atoms in total. The molecule has 0 aliphatic carbocycles. The minimum Gasteiger partial charge on any atom is -0.475 e. The summed E-state index contributed by atoms with van der Waals surface area (Å²) in [6, 6.07) is 16.7. The maximum Gasteiger partial charge on any atom is 0.217 e. The van der Waals surface area contributed by atoms with Crippen LogP contribution >= 0.6 is 0 Å². The summed E-state index contributed by atoms with van der Waals surface area (Å²) in [6.45, 7) is 8.72. The van der Waals surface area contributed by atoms with Crippen LogP contribution in [-0.2, 0) is 11.2 Å². The highest BCUT2D eigenvalue weighted by atomic mass is 16.5. The molecule has 112 valence electrons. The van der Waals surface area contributed by atoms with E-state index in [0.717, 1.165) is 17.9 Å². The van der Waals surface area contributed by atoms with Gasteiger partial charge in [0, 0.05) is 5.56 Å². The molecule has 0 amide bonds. The lowest BCUT2D eigenvalue weighted by atomic mass is 9.93. The first-order chi connectivity index (χ1) is 10.6. The summed E-state index contributed by atoms with van der Waals surface area (Å²) >= 11 is 0. The van der Waals surface area contributed by atoms with Crippen LogP contribution in [0.3, 0.4) is 0 Å². The van der Waals surface area contributed by atoms with Crippen LogP contribution in [0.25, 0.3) is 11.1 Å². The van der Waals surface area contributed by atoms with Gasteiger partial charge < -0.3 is 4.74 Å². The van der Waals surface area contributed by atoms with Crippen molar-refractivity contribution < 1.29 is 4.74 Å². The molecule has 1 aliphatic heterocycles. The van der Waals surface area contributed by atoms with Gasteiger partial charge in [0.05, 0.1) is 5.54 Å². The van der Waals surface area contributed by atoms with Gasteiger partial charge in [-0.05, 0) is 43.0 Å². The Hall–Kier alpha value is -2.35. The quantitative estimate of drug-likeness (QED) is 0.752. The first-order valence-electron chi connectivity index (χ1n) is 7.62. The number of allylic oxidation sites excluding steroid dienone is 1. The van der Waals surface area contributed by atoms with Crippen LogP contribution in [0.2, 0.25) is 0 Å². The van der Waals surface area contributed by atoms with Gasteiger partial charge in [0.15, 0.2) is 0 Å². The summed E-state index contributed by atoms with van der Waals surface area (Å²) in [6.07, 6.45) is 2.73. The van der Waals surface area contributed by atoms with Gasteiger partial charge in [-0.25, -0.2) is 4.99 Å². The van der Waals surface area contributed by atoms with E-state index in [1.807, 2.05) is 12.1 Å². The van der Waals surface area contributed by atoms with Crippen molar-refractivity contribution in [2.75, 3.05) is 6.61 Å². The van der Waals surface area contributed by atoms with E-state index in [2.05, 4.69) is 62.9 Å². The van der Waals surface area contributed by atoms with E-state index in [9.17, 15) is 0 Å². The molecular formula is C20H21NO. The van der Waals surface area contributed by atoms with Crippen LogP contribution in [-0.4, -0.2) is 18.0 Å². The monoisotopic (exact) mass is 291 g/mol. The third-order valence-corrected chi connectivity index (χ3v) is 3.81. The second kappa shape index (κ2) is 5.80. The SMILES string of the molecule is C=CCc1c(C2=NC(C)(C)CO2)cccc1-c1ccccc1. The van der Waals surface area contributed by atoms with E-state index in [1.165, 1.54) is 16.7 Å². The molecule has 2 aromatic carbocycles. The average Bonchev–Trinajstić information content (AvgIpc) is 2.89. The molecule has 0 spiro atoms. The van der Waals surface area contributed by atoms with Crippen molar-refractivity contribution in [1.82, 2.24) is 0 Å². The predicted molar refractivity (Wildman–Crippen MR) is 92.3 cm³/mol. The highest BCUT2D eigenvalue weighted by Crippen LogP contribution is 2.30. The van der Waals surface area contributed by atoms with Gasteiger partial charge in [-0.15, -0.1) is 6.58 Å². The second-order valence-electron chi connectivity index (χ2n) is 6.21. The maximum absolute atomic E-state index is 5.85. The Balaban J connectivity index is 2.14. The molecule has 0 aromatic heterocycles. The lowest BCUT2D eigenvalue weighted by molar-refractivity contribution is 0.279. The Morgan fingerprint density at radius 2 is 1.82 bits per heavy atom. The third kappa shape index (κ3) is 2.82. The Morgan fingerprint density at radius 1 is 1.09 bits per heavy atom. The molecular weight excluding hydrogens is 270 g/mol. The summed E-state index contributed by atoms with van der Waals surface area (Å²) in [7, 11) is 0. The number of hydrogen-bond acceptors (Lipinski definition) is 2. The smallest absolute Gasteiger partial charge is 0.217 e. The number of rotatable bonds is 4. The lowest BCUT2D eigenvalue weighted by Gasteiger charge is -2.13. The zero-order valence-electron chi connectivity index (χ0n) is 13.2. The van der Waals surface area contributed by atoms with Crippen LogP contribution in [0.15, 0.2) is 66.2 Å². The van der Waals surface area contributed by atoms with E-state index in [-0.39, 0.29) is 5.54 Å². The number of benzene rings is 2. The van der Waals surface area contributed by atoms with Crippen molar-refractivity contribution in [2.24, 2.45) is 4.99 Å². The van der Waals surface area contributed by atoms with Gasteiger partial charge >= 0.3 is 0 Å². The largest absolute Gasteiger partial charge is 0.475 e. The Bertz CT molecular complexity index is 714. The average molecular weight is 291 g/mol. The molecule has 22 heavy (non-hydrogen) atoms.